The molecule has 0 aliphatic rings. The summed E-state index contributed by atoms with van der Waals surface area (Å²) in [5.74, 6) is -0.832. The molecule has 5 nitrogen and oxygen atoms in total. The number of halogens is 1. The Bertz CT molecular complexity index is 710. The number of esters is 1. The number of aromatic nitrogens is 1. The van der Waals surface area contributed by atoms with E-state index >= 15 is 0 Å². The fraction of sp³-hybridized carbons (Fsp3) is 0.316. The summed E-state index contributed by atoms with van der Waals surface area (Å²) < 4.78 is 18.1. The fourth-order valence-electron chi connectivity index (χ4n) is 2.11. The van der Waals surface area contributed by atoms with Crippen LogP contribution in [-0.2, 0) is 20.7 Å². The van der Waals surface area contributed by atoms with Crippen LogP contribution in [-0.4, -0.2) is 34.5 Å². The third-order valence-electron chi connectivity index (χ3n) is 3.53. The number of ether oxygens (including phenoxy) is 1. The lowest BCUT2D eigenvalue weighted by Gasteiger charge is -2.11. The SMILES string of the molecule is CC(SCC(=O)Nc1ccc(F)cc1)C(=O)OCCCc1ccncc1. The molecule has 1 amide bonds. The number of pyridine rings is 1. The first-order valence-electron chi connectivity index (χ1n) is 8.27. The van der Waals surface area contributed by atoms with Crippen molar-refractivity contribution in [1.29, 1.82) is 0 Å². The second-order valence-corrected chi connectivity index (χ2v) is 6.96. The molecule has 0 bridgehead atoms. The number of hydrogen-bond donors (Lipinski definition) is 1. The van der Waals surface area contributed by atoms with Gasteiger partial charge in [-0.1, -0.05) is 0 Å². The van der Waals surface area contributed by atoms with Gasteiger partial charge in [0.1, 0.15) is 11.1 Å². The zero-order chi connectivity index (χ0) is 18.8. The molecule has 2 rings (SSSR count). The quantitative estimate of drug-likeness (QED) is 0.536. The Morgan fingerprint density at radius 2 is 1.88 bits per heavy atom. The van der Waals surface area contributed by atoms with Gasteiger partial charge in [0.15, 0.2) is 0 Å². The first kappa shape index (κ1) is 19.9. The Morgan fingerprint density at radius 3 is 2.58 bits per heavy atom. The van der Waals surface area contributed by atoms with Gasteiger partial charge in [-0.2, -0.15) is 0 Å². The summed E-state index contributed by atoms with van der Waals surface area (Å²) in [5.41, 5.74) is 1.67. The number of carbonyl (C=O) groups excluding carboxylic acids is 2. The van der Waals surface area contributed by atoms with Gasteiger partial charge in [0.25, 0.3) is 0 Å². The topological polar surface area (TPSA) is 68.3 Å². The van der Waals surface area contributed by atoms with E-state index in [9.17, 15) is 14.0 Å². The van der Waals surface area contributed by atoms with Crippen LogP contribution in [0.5, 0.6) is 0 Å². The molecule has 1 aromatic heterocycles. The summed E-state index contributed by atoms with van der Waals surface area (Å²) >= 11 is 1.20. The molecule has 0 radical (unpaired) electrons. The van der Waals surface area contributed by atoms with E-state index in [2.05, 4.69) is 10.3 Å². The molecule has 0 fully saturated rings. The van der Waals surface area contributed by atoms with Crippen molar-refractivity contribution in [1.82, 2.24) is 4.98 Å². The number of hydrogen-bond acceptors (Lipinski definition) is 5. The normalized spacial score (nSPS) is 11.6. The standard InChI is InChI=1S/C19H21FN2O3S/c1-14(19(24)25-12-2-3-15-8-10-21-11-9-15)26-13-18(23)22-17-6-4-16(20)5-7-17/h4-11,14H,2-3,12-13H2,1H3,(H,22,23). The summed E-state index contributed by atoms with van der Waals surface area (Å²) in [7, 11) is 0. The Hall–Kier alpha value is -2.41. The van der Waals surface area contributed by atoms with E-state index in [1.54, 1.807) is 19.3 Å². The molecule has 138 valence electrons. The highest BCUT2D eigenvalue weighted by molar-refractivity contribution is 8.01. The molecule has 0 aliphatic heterocycles. The van der Waals surface area contributed by atoms with E-state index in [1.807, 2.05) is 12.1 Å². The van der Waals surface area contributed by atoms with Crippen LogP contribution >= 0.6 is 11.8 Å². The van der Waals surface area contributed by atoms with Crippen molar-refractivity contribution >= 4 is 29.3 Å². The average Bonchev–Trinajstić information content (AvgIpc) is 2.66. The maximum absolute atomic E-state index is 12.8. The molecule has 1 N–H and O–H groups in total. The number of carbonyl (C=O) groups is 2. The first-order valence-corrected chi connectivity index (χ1v) is 9.32. The number of rotatable bonds is 9. The number of thioether (sulfide) groups is 1. The highest BCUT2D eigenvalue weighted by Gasteiger charge is 2.16. The molecule has 1 heterocycles. The van der Waals surface area contributed by atoms with Crippen molar-refractivity contribution in [3.05, 3.63) is 60.2 Å². The van der Waals surface area contributed by atoms with Crippen molar-refractivity contribution in [2.45, 2.75) is 25.0 Å². The zero-order valence-corrected chi connectivity index (χ0v) is 15.3. The van der Waals surface area contributed by atoms with Gasteiger partial charge in [-0.3, -0.25) is 14.6 Å². The monoisotopic (exact) mass is 376 g/mol. The minimum absolute atomic E-state index is 0.116. The highest BCUT2D eigenvalue weighted by atomic mass is 32.2. The molecular formula is C19H21FN2O3S. The van der Waals surface area contributed by atoms with Crippen LogP contribution in [0.1, 0.15) is 18.9 Å². The van der Waals surface area contributed by atoms with Crippen LogP contribution in [0.3, 0.4) is 0 Å². The number of nitrogens with zero attached hydrogens (tertiary/aromatic N) is 1. The smallest absolute Gasteiger partial charge is 0.318 e. The van der Waals surface area contributed by atoms with Gasteiger partial charge < -0.3 is 10.1 Å². The number of amides is 1. The molecule has 1 aromatic carbocycles. The maximum Gasteiger partial charge on any atom is 0.318 e. The summed E-state index contributed by atoms with van der Waals surface area (Å²) in [6, 6.07) is 9.38. The number of nitrogens with one attached hydrogen (secondary N) is 1. The lowest BCUT2D eigenvalue weighted by atomic mass is 10.1. The molecule has 1 unspecified atom stereocenters. The van der Waals surface area contributed by atoms with Gasteiger partial charge in [0.05, 0.1) is 12.4 Å². The molecule has 0 spiro atoms. The van der Waals surface area contributed by atoms with Gasteiger partial charge in [0.2, 0.25) is 5.91 Å². The van der Waals surface area contributed by atoms with Crippen LogP contribution in [0.2, 0.25) is 0 Å². The Kier molecular flexibility index (Phi) is 8.08. The minimum atomic E-state index is -0.435. The summed E-state index contributed by atoms with van der Waals surface area (Å²) in [5, 5.41) is 2.21. The van der Waals surface area contributed by atoms with Crippen molar-refractivity contribution in [3.8, 4) is 0 Å². The van der Waals surface area contributed by atoms with E-state index < -0.39 is 5.25 Å². The Balaban J connectivity index is 1.61. The predicted molar refractivity (Wildman–Crippen MR) is 100 cm³/mol. The third kappa shape index (κ3) is 7.23. The van der Waals surface area contributed by atoms with E-state index in [0.29, 0.717) is 12.3 Å². The van der Waals surface area contributed by atoms with Gasteiger partial charge in [-0.15, -0.1) is 11.8 Å². The molecule has 1 atom stereocenters. The van der Waals surface area contributed by atoms with Crippen molar-refractivity contribution in [2.24, 2.45) is 0 Å². The molecule has 0 saturated carbocycles. The first-order chi connectivity index (χ1) is 12.5. The van der Waals surface area contributed by atoms with Gasteiger partial charge >= 0.3 is 5.97 Å². The van der Waals surface area contributed by atoms with Crippen molar-refractivity contribution < 1.29 is 18.7 Å². The van der Waals surface area contributed by atoms with E-state index in [-0.39, 0.29) is 23.4 Å². The van der Waals surface area contributed by atoms with E-state index in [4.69, 9.17) is 4.74 Å². The van der Waals surface area contributed by atoms with Crippen molar-refractivity contribution in [2.75, 3.05) is 17.7 Å². The average molecular weight is 376 g/mol. The zero-order valence-electron chi connectivity index (χ0n) is 14.5. The molecule has 0 aliphatic carbocycles. The molecule has 2 aromatic rings. The largest absolute Gasteiger partial charge is 0.465 e. The lowest BCUT2D eigenvalue weighted by Crippen LogP contribution is -2.21. The molecule has 7 heteroatoms. The molecule has 0 saturated heterocycles. The number of aryl methyl sites for hydroxylation is 1. The third-order valence-corrected chi connectivity index (χ3v) is 4.65. The molecule has 26 heavy (non-hydrogen) atoms. The van der Waals surface area contributed by atoms with Gasteiger partial charge in [-0.25, -0.2) is 4.39 Å². The summed E-state index contributed by atoms with van der Waals surface area (Å²) in [6.45, 7) is 2.05. The lowest BCUT2D eigenvalue weighted by molar-refractivity contribution is -0.142. The van der Waals surface area contributed by atoms with Crippen LogP contribution < -0.4 is 5.32 Å². The van der Waals surface area contributed by atoms with Gasteiger partial charge in [0, 0.05) is 18.1 Å². The minimum Gasteiger partial charge on any atom is -0.465 e. The number of benzene rings is 1. The fourth-order valence-corrected chi connectivity index (χ4v) is 2.79. The van der Waals surface area contributed by atoms with Crippen LogP contribution in [0, 0.1) is 5.82 Å². The molecular weight excluding hydrogens is 355 g/mol. The van der Waals surface area contributed by atoms with Crippen molar-refractivity contribution in [3.63, 3.8) is 0 Å². The Morgan fingerprint density at radius 1 is 1.19 bits per heavy atom. The number of anilines is 1. The summed E-state index contributed by atoms with van der Waals surface area (Å²) in [6.07, 6.45) is 5.02. The van der Waals surface area contributed by atoms with Crippen LogP contribution in [0.4, 0.5) is 10.1 Å². The van der Waals surface area contributed by atoms with Gasteiger partial charge in [-0.05, 0) is 61.7 Å². The van der Waals surface area contributed by atoms with Crippen LogP contribution in [0.25, 0.3) is 0 Å². The maximum atomic E-state index is 12.8. The second kappa shape index (κ2) is 10.6. The van der Waals surface area contributed by atoms with E-state index in [0.717, 1.165) is 18.4 Å². The highest BCUT2D eigenvalue weighted by Crippen LogP contribution is 2.14. The van der Waals surface area contributed by atoms with E-state index in [1.165, 1.54) is 36.0 Å². The Labute approximate surface area is 156 Å². The summed E-state index contributed by atoms with van der Waals surface area (Å²) in [4.78, 5) is 27.7. The predicted octanol–water partition coefficient (Wildman–Crippen LogP) is 3.46. The van der Waals surface area contributed by atoms with Crippen LogP contribution in [0.15, 0.2) is 48.8 Å². The second-order valence-electron chi connectivity index (χ2n) is 5.63.